The molecule has 0 radical (unpaired) electrons. The molecular weight excluding hydrogens is 262 g/mol. The number of benzene rings is 2. The average Bonchev–Trinajstić information content (AvgIpc) is 2.52. The van der Waals surface area contributed by atoms with E-state index in [1.54, 1.807) is 6.92 Å². The number of aliphatic hydroxyl groups is 1. The summed E-state index contributed by atoms with van der Waals surface area (Å²) in [5.41, 5.74) is 1.26. The first-order valence-corrected chi connectivity index (χ1v) is 7.33. The Kier molecular flexibility index (Phi) is 5.37. The summed E-state index contributed by atoms with van der Waals surface area (Å²) in [5, 5.41) is 13.4. The van der Waals surface area contributed by atoms with Crippen molar-refractivity contribution in [2.75, 3.05) is 19.7 Å². The Morgan fingerprint density at radius 2 is 1.71 bits per heavy atom. The minimum absolute atomic E-state index is 0.254. The van der Waals surface area contributed by atoms with Crippen molar-refractivity contribution in [1.82, 2.24) is 5.32 Å². The van der Waals surface area contributed by atoms with Crippen molar-refractivity contribution in [1.29, 1.82) is 0 Å². The van der Waals surface area contributed by atoms with E-state index in [1.165, 1.54) is 0 Å². The van der Waals surface area contributed by atoms with E-state index in [-0.39, 0.29) is 6.61 Å². The van der Waals surface area contributed by atoms with Gasteiger partial charge < -0.3 is 15.2 Å². The number of hydrogen-bond donors (Lipinski definition) is 2. The predicted molar refractivity (Wildman–Crippen MR) is 86.5 cm³/mol. The molecule has 2 N–H and O–H groups in total. The van der Waals surface area contributed by atoms with Crippen LogP contribution in [0.4, 0.5) is 0 Å². The summed E-state index contributed by atoms with van der Waals surface area (Å²) in [6.07, 6.45) is 0. The van der Waals surface area contributed by atoms with E-state index in [4.69, 9.17) is 4.74 Å². The molecular formula is C18H23NO2. The van der Waals surface area contributed by atoms with Gasteiger partial charge in [-0.1, -0.05) is 55.5 Å². The van der Waals surface area contributed by atoms with Crippen LogP contribution in [-0.2, 0) is 0 Å². The third-order valence-corrected chi connectivity index (χ3v) is 3.27. The molecule has 0 spiro atoms. The number of rotatable bonds is 7. The minimum Gasteiger partial charge on any atom is -0.490 e. The highest BCUT2D eigenvalue weighted by Gasteiger charge is 2.21. The number of nitrogens with one attached hydrogen (secondary N) is 1. The summed E-state index contributed by atoms with van der Waals surface area (Å²) in [4.78, 5) is 0. The Labute approximate surface area is 126 Å². The first-order chi connectivity index (χ1) is 10.1. The van der Waals surface area contributed by atoms with Crippen LogP contribution < -0.4 is 10.1 Å². The summed E-state index contributed by atoms with van der Waals surface area (Å²) in [7, 11) is 0. The highest BCUT2D eigenvalue weighted by molar-refractivity contribution is 5.70. The van der Waals surface area contributed by atoms with Gasteiger partial charge in [-0.2, -0.15) is 0 Å². The lowest BCUT2D eigenvalue weighted by atomic mass is 10.0. The number of para-hydroxylation sites is 1. The third-order valence-electron chi connectivity index (χ3n) is 3.27. The van der Waals surface area contributed by atoms with Crippen molar-refractivity contribution >= 4 is 0 Å². The normalized spacial score (nSPS) is 13.7. The Morgan fingerprint density at radius 3 is 2.43 bits per heavy atom. The van der Waals surface area contributed by atoms with Crippen LogP contribution in [0.3, 0.4) is 0 Å². The van der Waals surface area contributed by atoms with Crippen molar-refractivity contribution in [3.05, 3.63) is 54.6 Å². The molecule has 1 atom stereocenters. The molecule has 0 saturated heterocycles. The van der Waals surface area contributed by atoms with Crippen LogP contribution in [0, 0.1) is 0 Å². The molecule has 0 fully saturated rings. The Morgan fingerprint density at radius 1 is 1.05 bits per heavy atom. The second-order valence-electron chi connectivity index (χ2n) is 5.43. The molecule has 0 aromatic heterocycles. The van der Waals surface area contributed by atoms with Gasteiger partial charge in [0.2, 0.25) is 0 Å². The van der Waals surface area contributed by atoms with Crippen LogP contribution in [-0.4, -0.2) is 30.4 Å². The van der Waals surface area contributed by atoms with Crippen molar-refractivity contribution in [3.8, 4) is 16.9 Å². The van der Waals surface area contributed by atoms with Crippen molar-refractivity contribution in [2.45, 2.75) is 19.4 Å². The van der Waals surface area contributed by atoms with E-state index in [9.17, 15) is 5.11 Å². The van der Waals surface area contributed by atoms with Crippen molar-refractivity contribution < 1.29 is 9.84 Å². The van der Waals surface area contributed by atoms with Crippen LogP contribution >= 0.6 is 0 Å². The lowest BCUT2D eigenvalue weighted by molar-refractivity contribution is 0.0129. The summed E-state index contributed by atoms with van der Waals surface area (Å²) < 4.78 is 5.86. The number of hydrogen-bond acceptors (Lipinski definition) is 3. The Balaban J connectivity index is 2.11. The van der Waals surface area contributed by atoms with Gasteiger partial charge in [-0.05, 0) is 25.1 Å². The highest BCUT2D eigenvalue weighted by atomic mass is 16.5. The van der Waals surface area contributed by atoms with E-state index in [1.807, 2.05) is 49.4 Å². The highest BCUT2D eigenvalue weighted by Crippen LogP contribution is 2.29. The zero-order valence-electron chi connectivity index (χ0n) is 12.7. The zero-order chi connectivity index (χ0) is 15.1. The Hall–Kier alpha value is -1.84. The second kappa shape index (κ2) is 7.25. The Bertz CT molecular complexity index is 552. The van der Waals surface area contributed by atoms with Gasteiger partial charge in [0.25, 0.3) is 0 Å². The summed E-state index contributed by atoms with van der Waals surface area (Å²) in [5.74, 6) is 0.792. The second-order valence-corrected chi connectivity index (χ2v) is 5.43. The molecule has 2 rings (SSSR count). The summed E-state index contributed by atoms with van der Waals surface area (Å²) >= 11 is 0. The van der Waals surface area contributed by atoms with Gasteiger partial charge in [-0.15, -0.1) is 0 Å². The van der Waals surface area contributed by atoms with Gasteiger partial charge in [-0.25, -0.2) is 0 Å². The third kappa shape index (κ3) is 4.59. The summed E-state index contributed by atoms with van der Waals surface area (Å²) in [6, 6.07) is 18.0. The quantitative estimate of drug-likeness (QED) is 0.821. The molecule has 1 unspecified atom stereocenters. The van der Waals surface area contributed by atoms with Crippen LogP contribution in [0.1, 0.15) is 13.8 Å². The predicted octanol–water partition coefficient (Wildman–Crippen LogP) is 3.09. The van der Waals surface area contributed by atoms with Crippen LogP contribution in [0.25, 0.3) is 11.1 Å². The fraction of sp³-hybridized carbons (Fsp3) is 0.333. The molecule has 3 nitrogen and oxygen atoms in total. The number of ether oxygens (including phenoxy) is 1. The van der Waals surface area contributed by atoms with Crippen molar-refractivity contribution in [2.24, 2.45) is 0 Å². The maximum Gasteiger partial charge on any atom is 0.127 e. The van der Waals surface area contributed by atoms with Gasteiger partial charge in [0, 0.05) is 12.1 Å². The molecule has 0 aliphatic rings. The molecule has 2 aromatic rings. The van der Waals surface area contributed by atoms with E-state index in [2.05, 4.69) is 17.4 Å². The van der Waals surface area contributed by atoms with E-state index in [0.717, 1.165) is 23.4 Å². The molecule has 2 aromatic carbocycles. The average molecular weight is 285 g/mol. The van der Waals surface area contributed by atoms with Gasteiger partial charge in [0.1, 0.15) is 18.0 Å². The fourth-order valence-corrected chi connectivity index (χ4v) is 2.13. The van der Waals surface area contributed by atoms with Gasteiger partial charge >= 0.3 is 0 Å². The molecule has 112 valence electrons. The molecule has 0 saturated carbocycles. The van der Waals surface area contributed by atoms with Gasteiger partial charge in [0.05, 0.1) is 0 Å². The topological polar surface area (TPSA) is 41.5 Å². The van der Waals surface area contributed by atoms with Gasteiger partial charge in [-0.3, -0.25) is 0 Å². The smallest absolute Gasteiger partial charge is 0.127 e. The monoisotopic (exact) mass is 285 g/mol. The van der Waals surface area contributed by atoms with Crippen LogP contribution in [0.15, 0.2) is 54.6 Å². The lowest BCUT2D eigenvalue weighted by Gasteiger charge is -2.24. The lowest BCUT2D eigenvalue weighted by Crippen LogP contribution is -2.42. The maximum atomic E-state index is 10.3. The largest absolute Gasteiger partial charge is 0.490 e. The molecule has 0 heterocycles. The number of likely N-dealkylation sites (N-methyl/N-ethyl adjacent to an activating group) is 1. The van der Waals surface area contributed by atoms with E-state index < -0.39 is 5.60 Å². The molecule has 3 heteroatoms. The molecule has 0 bridgehead atoms. The van der Waals surface area contributed by atoms with E-state index >= 15 is 0 Å². The zero-order valence-corrected chi connectivity index (χ0v) is 12.7. The maximum absolute atomic E-state index is 10.3. The van der Waals surface area contributed by atoms with Crippen molar-refractivity contribution in [3.63, 3.8) is 0 Å². The fourth-order valence-electron chi connectivity index (χ4n) is 2.13. The van der Waals surface area contributed by atoms with Gasteiger partial charge in [0.15, 0.2) is 0 Å². The first kappa shape index (κ1) is 15.5. The minimum atomic E-state index is -0.889. The van der Waals surface area contributed by atoms with Crippen LogP contribution in [0.5, 0.6) is 5.75 Å². The molecule has 0 aliphatic heterocycles. The summed E-state index contributed by atoms with van der Waals surface area (Å²) in [6.45, 7) is 5.39. The first-order valence-electron chi connectivity index (χ1n) is 7.33. The SMILES string of the molecule is CCNCC(C)(O)COc1ccccc1-c1ccccc1. The molecule has 21 heavy (non-hydrogen) atoms. The van der Waals surface area contributed by atoms with E-state index in [0.29, 0.717) is 6.54 Å². The molecule has 0 amide bonds. The molecule has 0 aliphatic carbocycles. The standard InChI is InChI=1S/C18H23NO2/c1-3-19-13-18(2,20)14-21-17-12-8-7-11-16(17)15-9-5-4-6-10-15/h4-12,19-20H,3,13-14H2,1-2H3. The van der Waals surface area contributed by atoms with Crippen LogP contribution in [0.2, 0.25) is 0 Å².